The lowest BCUT2D eigenvalue weighted by Crippen LogP contribution is -2.24. The number of likely N-dealkylation sites (tertiary alicyclic amines) is 1. The van der Waals surface area contributed by atoms with E-state index in [-0.39, 0.29) is 5.91 Å². The SMILES string of the molecule is CNc1cccc(CN2CCCC2=O)n1. The van der Waals surface area contributed by atoms with E-state index in [1.165, 1.54) is 0 Å². The molecule has 15 heavy (non-hydrogen) atoms. The Morgan fingerprint density at radius 2 is 2.40 bits per heavy atom. The highest BCUT2D eigenvalue weighted by Gasteiger charge is 2.20. The molecule has 80 valence electrons. The molecule has 2 heterocycles. The molecule has 4 nitrogen and oxygen atoms in total. The Hall–Kier alpha value is -1.58. The summed E-state index contributed by atoms with van der Waals surface area (Å²) >= 11 is 0. The van der Waals surface area contributed by atoms with Crippen molar-refractivity contribution in [2.45, 2.75) is 19.4 Å². The number of hydrogen-bond acceptors (Lipinski definition) is 3. The highest BCUT2D eigenvalue weighted by atomic mass is 16.2. The molecule has 0 atom stereocenters. The van der Waals surface area contributed by atoms with Gasteiger partial charge in [0.15, 0.2) is 0 Å². The number of anilines is 1. The van der Waals surface area contributed by atoms with E-state index in [1.54, 1.807) is 0 Å². The maximum atomic E-state index is 11.4. The van der Waals surface area contributed by atoms with Crippen LogP contribution in [0.1, 0.15) is 18.5 Å². The summed E-state index contributed by atoms with van der Waals surface area (Å²) in [6.45, 7) is 1.50. The van der Waals surface area contributed by atoms with Crippen molar-refractivity contribution < 1.29 is 4.79 Å². The van der Waals surface area contributed by atoms with E-state index in [2.05, 4.69) is 10.3 Å². The van der Waals surface area contributed by atoms with Crippen molar-refractivity contribution >= 4 is 11.7 Å². The predicted molar refractivity (Wildman–Crippen MR) is 58.4 cm³/mol. The van der Waals surface area contributed by atoms with Crippen LogP contribution in [0.5, 0.6) is 0 Å². The number of carbonyl (C=O) groups excluding carboxylic acids is 1. The van der Waals surface area contributed by atoms with Crippen LogP contribution in [0, 0.1) is 0 Å². The molecule has 2 rings (SSSR count). The van der Waals surface area contributed by atoms with Crippen LogP contribution in [-0.2, 0) is 11.3 Å². The number of rotatable bonds is 3. The number of aromatic nitrogens is 1. The average Bonchev–Trinajstić information content (AvgIpc) is 2.65. The van der Waals surface area contributed by atoms with Gasteiger partial charge < -0.3 is 10.2 Å². The number of amides is 1. The van der Waals surface area contributed by atoms with E-state index < -0.39 is 0 Å². The second-order valence-corrected chi connectivity index (χ2v) is 3.68. The van der Waals surface area contributed by atoms with Gasteiger partial charge in [-0.2, -0.15) is 0 Å². The molecule has 0 spiro atoms. The van der Waals surface area contributed by atoms with Gasteiger partial charge in [0.2, 0.25) is 5.91 Å². The molecule has 0 radical (unpaired) electrons. The molecule has 1 aromatic heterocycles. The third-order valence-electron chi connectivity index (χ3n) is 2.59. The maximum absolute atomic E-state index is 11.4. The number of hydrogen-bond donors (Lipinski definition) is 1. The van der Waals surface area contributed by atoms with Gasteiger partial charge in [-0.3, -0.25) is 4.79 Å². The van der Waals surface area contributed by atoms with Gasteiger partial charge in [0.1, 0.15) is 5.82 Å². The lowest BCUT2D eigenvalue weighted by Gasteiger charge is -2.15. The first kappa shape index (κ1) is 9.96. The zero-order valence-electron chi connectivity index (χ0n) is 8.86. The Balaban J connectivity index is 2.06. The standard InChI is InChI=1S/C11H15N3O/c1-12-10-5-2-4-9(13-10)8-14-7-3-6-11(14)15/h2,4-5H,3,6-8H2,1H3,(H,12,13). The van der Waals surface area contributed by atoms with Gasteiger partial charge in [-0.25, -0.2) is 4.98 Å². The first-order valence-electron chi connectivity index (χ1n) is 5.21. The van der Waals surface area contributed by atoms with Crippen molar-refractivity contribution in [3.05, 3.63) is 23.9 Å². The lowest BCUT2D eigenvalue weighted by atomic mass is 10.3. The summed E-state index contributed by atoms with van der Waals surface area (Å²) < 4.78 is 0. The summed E-state index contributed by atoms with van der Waals surface area (Å²) in [4.78, 5) is 17.7. The smallest absolute Gasteiger partial charge is 0.222 e. The molecule has 4 heteroatoms. The minimum atomic E-state index is 0.242. The second kappa shape index (κ2) is 4.29. The Morgan fingerprint density at radius 3 is 3.07 bits per heavy atom. The van der Waals surface area contributed by atoms with Gasteiger partial charge in [-0.05, 0) is 18.6 Å². The summed E-state index contributed by atoms with van der Waals surface area (Å²) in [6, 6.07) is 5.82. The van der Waals surface area contributed by atoms with Crippen molar-refractivity contribution in [2.24, 2.45) is 0 Å². The van der Waals surface area contributed by atoms with Crippen LogP contribution in [-0.4, -0.2) is 29.4 Å². The fraction of sp³-hybridized carbons (Fsp3) is 0.455. The molecule has 1 aromatic rings. The van der Waals surface area contributed by atoms with Gasteiger partial charge in [0, 0.05) is 20.0 Å². The molecular weight excluding hydrogens is 190 g/mol. The van der Waals surface area contributed by atoms with Crippen LogP contribution in [0.4, 0.5) is 5.82 Å². The van der Waals surface area contributed by atoms with Gasteiger partial charge in [0.05, 0.1) is 12.2 Å². The molecular formula is C11H15N3O. The Labute approximate surface area is 89.3 Å². The van der Waals surface area contributed by atoms with Crippen LogP contribution in [0.15, 0.2) is 18.2 Å². The molecule has 0 unspecified atom stereocenters. The highest BCUT2D eigenvalue weighted by molar-refractivity contribution is 5.77. The molecule has 1 fully saturated rings. The minimum absolute atomic E-state index is 0.242. The second-order valence-electron chi connectivity index (χ2n) is 3.68. The topological polar surface area (TPSA) is 45.2 Å². The molecule has 1 aliphatic heterocycles. The largest absolute Gasteiger partial charge is 0.373 e. The van der Waals surface area contributed by atoms with Crippen LogP contribution >= 0.6 is 0 Å². The normalized spacial score (nSPS) is 15.8. The maximum Gasteiger partial charge on any atom is 0.222 e. The fourth-order valence-corrected chi connectivity index (χ4v) is 1.77. The summed E-state index contributed by atoms with van der Waals surface area (Å²) in [6.07, 6.45) is 1.66. The van der Waals surface area contributed by atoms with E-state index in [0.717, 1.165) is 24.5 Å². The first-order chi connectivity index (χ1) is 7.29. The first-order valence-corrected chi connectivity index (χ1v) is 5.21. The summed E-state index contributed by atoms with van der Waals surface area (Å²) in [5.74, 6) is 1.09. The Kier molecular flexibility index (Phi) is 2.85. The third kappa shape index (κ3) is 2.26. The molecule has 1 N–H and O–H groups in total. The fourth-order valence-electron chi connectivity index (χ4n) is 1.77. The number of nitrogens with zero attached hydrogens (tertiary/aromatic N) is 2. The van der Waals surface area contributed by atoms with Crippen molar-refractivity contribution in [1.82, 2.24) is 9.88 Å². The third-order valence-corrected chi connectivity index (χ3v) is 2.59. The van der Waals surface area contributed by atoms with E-state index in [4.69, 9.17) is 0 Å². The lowest BCUT2D eigenvalue weighted by molar-refractivity contribution is -0.128. The van der Waals surface area contributed by atoms with E-state index in [0.29, 0.717) is 13.0 Å². The average molecular weight is 205 g/mol. The van der Waals surface area contributed by atoms with E-state index in [1.807, 2.05) is 30.1 Å². The molecule has 0 bridgehead atoms. The monoisotopic (exact) mass is 205 g/mol. The van der Waals surface area contributed by atoms with Gasteiger partial charge in [-0.1, -0.05) is 6.07 Å². The van der Waals surface area contributed by atoms with Crippen molar-refractivity contribution in [3.8, 4) is 0 Å². The molecule has 1 amide bonds. The molecule has 1 saturated heterocycles. The van der Waals surface area contributed by atoms with Gasteiger partial charge in [0.25, 0.3) is 0 Å². The van der Waals surface area contributed by atoms with Crippen molar-refractivity contribution in [3.63, 3.8) is 0 Å². The van der Waals surface area contributed by atoms with E-state index in [9.17, 15) is 4.79 Å². The zero-order valence-corrected chi connectivity index (χ0v) is 8.86. The molecule has 0 saturated carbocycles. The number of carbonyl (C=O) groups is 1. The molecule has 1 aliphatic rings. The Morgan fingerprint density at radius 1 is 1.53 bits per heavy atom. The van der Waals surface area contributed by atoms with E-state index >= 15 is 0 Å². The quantitative estimate of drug-likeness (QED) is 0.807. The van der Waals surface area contributed by atoms with Gasteiger partial charge in [-0.15, -0.1) is 0 Å². The van der Waals surface area contributed by atoms with Crippen LogP contribution < -0.4 is 5.32 Å². The van der Waals surface area contributed by atoms with Crippen LogP contribution in [0.2, 0.25) is 0 Å². The van der Waals surface area contributed by atoms with Crippen molar-refractivity contribution in [2.75, 3.05) is 18.9 Å². The van der Waals surface area contributed by atoms with Crippen LogP contribution in [0.25, 0.3) is 0 Å². The van der Waals surface area contributed by atoms with Gasteiger partial charge >= 0.3 is 0 Å². The summed E-state index contributed by atoms with van der Waals surface area (Å²) in [7, 11) is 1.84. The summed E-state index contributed by atoms with van der Waals surface area (Å²) in [5, 5.41) is 2.99. The molecule has 0 aliphatic carbocycles. The number of nitrogens with one attached hydrogen (secondary N) is 1. The zero-order chi connectivity index (χ0) is 10.7. The molecule has 0 aromatic carbocycles. The Bertz CT molecular complexity index is 365. The minimum Gasteiger partial charge on any atom is -0.373 e. The van der Waals surface area contributed by atoms with Crippen molar-refractivity contribution in [1.29, 1.82) is 0 Å². The van der Waals surface area contributed by atoms with Crippen LogP contribution in [0.3, 0.4) is 0 Å². The summed E-state index contributed by atoms with van der Waals surface area (Å²) in [5.41, 5.74) is 0.942. The predicted octanol–water partition coefficient (Wildman–Crippen LogP) is 1.25. The number of pyridine rings is 1. The highest BCUT2D eigenvalue weighted by Crippen LogP contribution is 2.13.